The van der Waals surface area contributed by atoms with E-state index < -0.39 is 0 Å². The van der Waals surface area contributed by atoms with Crippen LogP contribution in [-0.2, 0) is 4.74 Å². The second kappa shape index (κ2) is 5.93. The number of aliphatic hydroxyl groups excluding tert-OH is 1. The molecular weight excluding hydrogens is 246 g/mol. The van der Waals surface area contributed by atoms with Gasteiger partial charge in [0.1, 0.15) is 5.75 Å². The monoisotopic (exact) mass is 265 g/mol. The van der Waals surface area contributed by atoms with E-state index in [1.54, 1.807) is 12.0 Å². The average Bonchev–Trinajstić information content (AvgIpc) is 2.39. The van der Waals surface area contributed by atoms with Crippen molar-refractivity contribution < 1.29 is 19.4 Å². The quantitative estimate of drug-likeness (QED) is 0.905. The Kier molecular flexibility index (Phi) is 4.27. The Morgan fingerprint density at radius 2 is 2.32 bits per heavy atom. The third-order valence-electron chi connectivity index (χ3n) is 3.29. The van der Waals surface area contributed by atoms with Crippen molar-refractivity contribution >= 4 is 11.8 Å². The number of hydrogen-bond donors (Lipinski definition) is 1. The molecule has 0 saturated carbocycles. The molecule has 19 heavy (non-hydrogen) atoms. The van der Waals surface area contributed by atoms with Crippen molar-refractivity contribution in [1.82, 2.24) is 0 Å². The zero-order valence-electron chi connectivity index (χ0n) is 11.3. The van der Waals surface area contributed by atoms with E-state index in [1.807, 2.05) is 25.1 Å². The molecule has 1 N–H and O–H groups in total. The fourth-order valence-corrected chi connectivity index (χ4v) is 2.34. The molecule has 1 aliphatic rings. The Morgan fingerprint density at radius 3 is 3.00 bits per heavy atom. The van der Waals surface area contributed by atoms with Crippen LogP contribution in [0.4, 0.5) is 10.5 Å². The van der Waals surface area contributed by atoms with Gasteiger partial charge in [0, 0.05) is 19.1 Å². The Morgan fingerprint density at radius 1 is 1.53 bits per heavy atom. The Bertz CT molecular complexity index is 459. The maximum Gasteiger partial charge on any atom is 0.414 e. The zero-order valence-corrected chi connectivity index (χ0v) is 11.3. The van der Waals surface area contributed by atoms with Crippen LogP contribution >= 0.6 is 0 Å². The summed E-state index contributed by atoms with van der Waals surface area (Å²) in [5.74, 6) is 0.632. The molecule has 0 spiro atoms. The number of hydrogen-bond acceptors (Lipinski definition) is 4. The molecule has 0 aliphatic carbocycles. The number of carbonyl (C=O) groups excluding carboxylic acids is 1. The van der Waals surface area contributed by atoms with Crippen LogP contribution in [0.25, 0.3) is 0 Å². The number of benzene rings is 1. The molecule has 1 unspecified atom stereocenters. The summed E-state index contributed by atoms with van der Waals surface area (Å²) in [5.41, 5.74) is 1.74. The number of methoxy groups -OCH3 is 1. The molecule has 1 aromatic rings. The van der Waals surface area contributed by atoms with E-state index in [0.717, 1.165) is 5.56 Å². The lowest BCUT2D eigenvalue weighted by Gasteiger charge is -2.35. The van der Waals surface area contributed by atoms with Gasteiger partial charge < -0.3 is 14.6 Å². The van der Waals surface area contributed by atoms with Gasteiger partial charge in [-0.2, -0.15) is 0 Å². The first kappa shape index (κ1) is 13.7. The zero-order chi connectivity index (χ0) is 13.8. The molecule has 1 aliphatic heterocycles. The maximum absolute atomic E-state index is 12.0. The minimum Gasteiger partial charge on any atom is -0.495 e. The molecule has 1 atom stereocenters. The van der Waals surface area contributed by atoms with Crippen LogP contribution in [0.1, 0.15) is 18.4 Å². The van der Waals surface area contributed by atoms with Crippen LogP contribution in [0.3, 0.4) is 0 Å². The molecule has 0 radical (unpaired) electrons. The molecule has 1 fully saturated rings. The molecule has 5 nitrogen and oxygen atoms in total. The predicted molar refractivity (Wildman–Crippen MR) is 71.7 cm³/mol. The first-order chi connectivity index (χ1) is 9.17. The molecule has 1 saturated heterocycles. The van der Waals surface area contributed by atoms with Crippen LogP contribution in [0.5, 0.6) is 5.75 Å². The highest BCUT2D eigenvalue weighted by molar-refractivity contribution is 5.91. The van der Waals surface area contributed by atoms with E-state index in [2.05, 4.69) is 0 Å². The summed E-state index contributed by atoms with van der Waals surface area (Å²) < 4.78 is 10.4. The second-order valence-electron chi connectivity index (χ2n) is 4.61. The van der Waals surface area contributed by atoms with Gasteiger partial charge in [0.2, 0.25) is 0 Å². The summed E-state index contributed by atoms with van der Waals surface area (Å²) in [6, 6.07) is 5.61. The van der Waals surface area contributed by atoms with Crippen molar-refractivity contribution in [3.8, 4) is 5.75 Å². The highest BCUT2D eigenvalue weighted by Crippen LogP contribution is 2.34. The van der Waals surface area contributed by atoms with Gasteiger partial charge in [0.25, 0.3) is 0 Å². The van der Waals surface area contributed by atoms with E-state index in [9.17, 15) is 4.79 Å². The molecule has 104 valence electrons. The van der Waals surface area contributed by atoms with E-state index >= 15 is 0 Å². The SMILES string of the molecule is COc1ccc(C)cc1N1C(=O)OCCC1CCO. The molecule has 5 heteroatoms. The normalized spacial score (nSPS) is 19.2. The number of ether oxygens (including phenoxy) is 2. The van der Waals surface area contributed by atoms with Gasteiger partial charge in [-0.15, -0.1) is 0 Å². The summed E-state index contributed by atoms with van der Waals surface area (Å²) >= 11 is 0. The number of nitrogens with zero attached hydrogens (tertiary/aromatic N) is 1. The molecule has 0 aromatic heterocycles. The standard InChI is InChI=1S/C14H19NO4/c1-10-3-4-13(18-2)12(9-10)15-11(5-7-16)6-8-19-14(15)17/h3-4,9,11,16H,5-8H2,1-2H3. The van der Waals surface area contributed by atoms with Crippen molar-refractivity contribution in [2.24, 2.45) is 0 Å². The molecule has 0 bridgehead atoms. The number of amides is 1. The number of carbonyl (C=O) groups is 1. The van der Waals surface area contributed by atoms with Gasteiger partial charge in [-0.25, -0.2) is 4.79 Å². The van der Waals surface area contributed by atoms with Gasteiger partial charge in [-0.3, -0.25) is 4.90 Å². The fraction of sp³-hybridized carbons (Fsp3) is 0.500. The smallest absolute Gasteiger partial charge is 0.414 e. The minimum atomic E-state index is -0.381. The van der Waals surface area contributed by atoms with E-state index in [4.69, 9.17) is 14.6 Å². The summed E-state index contributed by atoms with van der Waals surface area (Å²) in [6.07, 6.45) is 0.865. The van der Waals surface area contributed by atoms with Crippen LogP contribution < -0.4 is 9.64 Å². The summed E-state index contributed by atoms with van der Waals surface area (Å²) in [4.78, 5) is 13.6. The highest BCUT2D eigenvalue weighted by atomic mass is 16.6. The summed E-state index contributed by atoms with van der Waals surface area (Å²) in [6.45, 7) is 2.40. The van der Waals surface area contributed by atoms with Crippen LogP contribution in [0, 0.1) is 6.92 Å². The van der Waals surface area contributed by atoms with Crippen LogP contribution in [0.15, 0.2) is 18.2 Å². The molecule has 1 amide bonds. The summed E-state index contributed by atoms with van der Waals surface area (Å²) in [7, 11) is 1.57. The van der Waals surface area contributed by atoms with E-state index in [0.29, 0.717) is 30.9 Å². The Balaban J connectivity index is 2.40. The van der Waals surface area contributed by atoms with E-state index in [-0.39, 0.29) is 18.7 Å². The lowest BCUT2D eigenvalue weighted by molar-refractivity contribution is 0.123. The predicted octanol–water partition coefficient (Wildman–Crippen LogP) is 2.10. The van der Waals surface area contributed by atoms with Crippen molar-refractivity contribution in [2.45, 2.75) is 25.8 Å². The largest absolute Gasteiger partial charge is 0.495 e. The van der Waals surface area contributed by atoms with Crippen molar-refractivity contribution in [1.29, 1.82) is 0 Å². The third-order valence-corrected chi connectivity index (χ3v) is 3.29. The Labute approximate surface area is 112 Å². The summed E-state index contributed by atoms with van der Waals surface area (Å²) in [5, 5.41) is 9.14. The van der Waals surface area contributed by atoms with Crippen molar-refractivity contribution in [3.63, 3.8) is 0 Å². The first-order valence-corrected chi connectivity index (χ1v) is 6.39. The number of cyclic esters (lactones) is 1. The van der Waals surface area contributed by atoms with Gasteiger partial charge >= 0.3 is 6.09 Å². The number of rotatable bonds is 4. The first-order valence-electron chi connectivity index (χ1n) is 6.39. The topological polar surface area (TPSA) is 59.0 Å². The lowest BCUT2D eigenvalue weighted by Crippen LogP contribution is -2.46. The lowest BCUT2D eigenvalue weighted by atomic mass is 10.1. The Hall–Kier alpha value is -1.75. The second-order valence-corrected chi connectivity index (χ2v) is 4.61. The maximum atomic E-state index is 12.0. The van der Waals surface area contributed by atoms with Gasteiger partial charge in [0.15, 0.2) is 0 Å². The molecule has 1 heterocycles. The highest BCUT2D eigenvalue weighted by Gasteiger charge is 2.32. The van der Waals surface area contributed by atoms with Crippen LogP contribution in [0.2, 0.25) is 0 Å². The van der Waals surface area contributed by atoms with Gasteiger partial charge in [-0.05, 0) is 31.0 Å². The average molecular weight is 265 g/mol. The third kappa shape index (κ3) is 2.81. The fourth-order valence-electron chi connectivity index (χ4n) is 2.34. The number of aryl methyl sites for hydroxylation is 1. The number of anilines is 1. The van der Waals surface area contributed by atoms with Crippen molar-refractivity contribution in [3.05, 3.63) is 23.8 Å². The van der Waals surface area contributed by atoms with Gasteiger partial charge in [0.05, 0.1) is 19.4 Å². The van der Waals surface area contributed by atoms with Gasteiger partial charge in [-0.1, -0.05) is 6.07 Å². The van der Waals surface area contributed by atoms with Crippen LogP contribution in [-0.4, -0.2) is 37.6 Å². The van der Waals surface area contributed by atoms with Crippen molar-refractivity contribution in [2.75, 3.05) is 25.2 Å². The van der Waals surface area contributed by atoms with E-state index in [1.165, 1.54) is 0 Å². The molecule has 2 rings (SSSR count). The molecule has 1 aromatic carbocycles. The molecular formula is C14H19NO4. The number of aliphatic hydroxyl groups is 1. The minimum absolute atomic E-state index is 0.0442.